The van der Waals surface area contributed by atoms with Crippen LogP contribution in [0.25, 0.3) is 0 Å². The van der Waals surface area contributed by atoms with Crippen LogP contribution in [0.2, 0.25) is 0 Å². The van der Waals surface area contributed by atoms with E-state index < -0.39 is 5.97 Å². The van der Waals surface area contributed by atoms with Crippen molar-refractivity contribution < 1.29 is 23.8 Å². The lowest BCUT2D eigenvalue weighted by atomic mass is 10.1. The predicted molar refractivity (Wildman–Crippen MR) is 94.8 cm³/mol. The Kier molecular flexibility index (Phi) is 6.99. The SMILES string of the molecule is O=C(COC(=O)c1ccc(CN2CCOCC2)cc1)NC[C@@H]1CCCO1. The summed E-state index contributed by atoms with van der Waals surface area (Å²) in [5, 5.41) is 2.73. The van der Waals surface area contributed by atoms with Gasteiger partial charge in [0.05, 0.1) is 24.9 Å². The van der Waals surface area contributed by atoms with E-state index in [2.05, 4.69) is 10.2 Å². The molecule has 7 nitrogen and oxygen atoms in total. The Morgan fingerprint density at radius 1 is 1.15 bits per heavy atom. The van der Waals surface area contributed by atoms with E-state index in [1.165, 1.54) is 0 Å². The first-order valence-electron chi connectivity index (χ1n) is 9.15. The molecule has 1 aromatic carbocycles. The molecule has 26 heavy (non-hydrogen) atoms. The Labute approximate surface area is 153 Å². The van der Waals surface area contributed by atoms with Crippen molar-refractivity contribution in [2.45, 2.75) is 25.5 Å². The Morgan fingerprint density at radius 3 is 2.62 bits per heavy atom. The van der Waals surface area contributed by atoms with Crippen LogP contribution in [-0.2, 0) is 25.5 Å². The number of morpholine rings is 1. The van der Waals surface area contributed by atoms with Gasteiger partial charge in [-0.1, -0.05) is 12.1 Å². The standard InChI is InChI=1S/C19H26N2O5/c22-18(20-12-17-2-1-9-25-17)14-26-19(23)16-5-3-15(4-6-16)13-21-7-10-24-11-8-21/h3-6,17H,1-2,7-14H2,(H,20,22)/t17-/m0/s1. The Bertz CT molecular complexity index is 592. The van der Waals surface area contributed by atoms with Crippen LogP contribution in [0.5, 0.6) is 0 Å². The van der Waals surface area contributed by atoms with Crippen molar-refractivity contribution in [3.8, 4) is 0 Å². The lowest BCUT2D eigenvalue weighted by Gasteiger charge is -2.26. The summed E-state index contributed by atoms with van der Waals surface area (Å²) in [6, 6.07) is 7.32. The number of ether oxygens (including phenoxy) is 3. The number of nitrogens with one attached hydrogen (secondary N) is 1. The molecule has 0 aliphatic carbocycles. The fourth-order valence-electron chi connectivity index (χ4n) is 3.06. The van der Waals surface area contributed by atoms with Crippen LogP contribution in [0.4, 0.5) is 0 Å². The molecular formula is C19H26N2O5. The minimum Gasteiger partial charge on any atom is -0.452 e. The zero-order valence-corrected chi connectivity index (χ0v) is 14.9. The Balaban J connectivity index is 1.38. The molecule has 1 amide bonds. The topological polar surface area (TPSA) is 77.1 Å². The summed E-state index contributed by atoms with van der Waals surface area (Å²) >= 11 is 0. The molecule has 0 saturated carbocycles. The van der Waals surface area contributed by atoms with Gasteiger partial charge in [-0.15, -0.1) is 0 Å². The summed E-state index contributed by atoms with van der Waals surface area (Å²) in [7, 11) is 0. The molecule has 1 N–H and O–H groups in total. The van der Waals surface area contributed by atoms with Crippen molar-refractivity contribution >= 4 is 11.9 Å². The summed E-state index contributed by atoms with van der Waals surface area (Å²) in [6.07, 6.45) is 2.06. The number of hydrogen-bond donors (Lipinski definition) is 1. The molecule has 0 radical (unpaired) electrons. The minimum atomic E-state index is -0.491. The van der Waals surface area contributed by atoms with E-state index in [1.807, 2.05) is 12.1 Å². The lowest BCUT2D eigenvalue weighted by molar-refractivity contribution is -0.124. The molecule has 1 atom stereocenters. The van der Waals surface area contributed by atoms with Crippen molar-refractivity contribution in [2.24, 2.45) is 0 Å². The molecule has 1 aromatic rings. The largest absolute Gasteiger partial charge is 0.452 e. The molecule has 2 saturated heterocycles. The average molecular weight is 362 g/mol. The van der Waals surface area contributed by atoms with E-state index >= 15 is 0 Å². The van der Waals surface area contributed by atoms with Crippen LogP contribution < -0.4 is 5.32 Å². The van der Waals surface area contributed by atoms with Crippen LogP contribution in [0.3, 0.4) is 0 Å². The molecular weight excluding hydrogens is 336 g/mol. The second-order valence-electron chi connectivity index (χ2n) is 6.60. The molecule has 2 heterocycles. The van der Waals surface area contributed by atoms with E-state index in [1.54, 1.807) is 12.1 Å². The maximum atomic E-state index is 12.1. The van der Waals surface area contributed by atoms with E-state index in [4.69, 9.17) is 14.2 Å². The number of benzene rings is 1. The summed E-state index contributed by atoms with van der Waals surface area (Å²) in [5.41, 5.74) is 1.58. The van der Waals surface area contributed by atoms with Crippen LogP contribution in [-0.4, -0.2) is 68.9 Å². The molecule has 7 heteroatoms. The van der Waals surface area contributed by atoms with Gasteiger partial charge in [-0.25, -0.2) is 4.79 Å². The van der Waals surface area contributed by atoms with Gasteiger partial charge in [0.1, 0.15) is 0 Å². The van der Waals surface area contributed by atoms with E-state index in [0.29, 0.717) is 12.1 Å². The fourth-order valence-corrected chi connectivity index (χ4v) is 3.06. The first-order valence-corrected chi connectivity index (χ1v) is 9.15. The van der Waals surface area contributed by atoms with Gasteiger partial charge in [0, 0.05) is 32.8 Å². The van der Waals surface area contributed by atoms with Gasteiger partial charge in [0.25, 0.3) is 5.91 Å². The monoisotopic (exact) mass is 362 g/mol. The van der Waals surface area contributed by atoms with Crippen LogP contribution in [0, 0.1) is 0 Å². The highest BCUT2D eigenvalue weighted by atomic mass is 16.5. The molecule has 0 aromatic heterocycles. The summed E-state index contributed by atoms with van der Waals surface area (Å²) in [4.78, 5) is 26.1. The average Bonchev–Trinajstić information content (AvgIpc) is 3.19. The van der Waals surface area contributed by atoms with Crippen molar-refractivity contribution in [3.63, 3.8) is 0 Å². The van der Waals surface area contributed by atoms with Gasteiger partial charge in [-0.3, -0.25) is 9.69 Å². The molecule has 3 rings (SSSR count). The Morgan fingerprint density at radius 2 is 1.92 bits per heavy atom. The van der Waals surface area contributed by atoms with Crippen LogP contribution >= 0.6 is 0 Å². The zero-order chi connectivity index (χ0) is 18.2. The summed E-state index contributed by atoms with van der Waals surface area (Å²) in [6.45, 7) is 5.14. The molecule has 142 valence electrons. The highest BCUT2D eigenvalue weighted by Crippen LogP contribution is 2.11. The third kappa shape index (κ3) is 5.79. The fraction of sp³-hybridized carbons (Fsp3) is 0.579. The predicted octanol–water partition coefficient (Wildman–Crippen LogP) is 0.971. The van der Waals surface area contributed by atoms with Crippen molar-refractivity contribution in [3.05, 3.63) is 35.4 Å². The molecule has 2 aliphatic rings. The van der Waals surface area contributed by atoms with Crippen molar-refractivity contribution in [1.29, 1.82) is 0 Å². The second kappa shape index (κ2) is 9.66. The number of hydrogen-bond acceptors (Lipinski definition) is 6. The summed E-state index contributed by atoms with van der Waals surface area (Å²) in [5.74, 6) is -0.798. The molecule has 2 fully saturated rings. The maximum absolute atomic E-state index is 12.1. The smallest absolute Gasteiger partial charge is 0.338 e. The highest BCUT2D eigenvalue weighted by Gasteiger charge is 2.17. The number of nitrogens with zero attached hydrogens (tertiary/aromatic N) is 1. The van der Waals surface area contributed by atoms with E-state index in [9.17, 15) is 9.59 Å². The second-order valence-corrected chi connectivity index (χ2v) is 6.60. The maximum Gasteiger partial charge on any atom is 0.338 e. The Hall–Kier alpha value is -1.96. The number of carbonyl (C=O) groups excluding carboxylic acids is 2. The third-order valence-electron chi connectivity index (χ3n) is 4.58. The molecule has 0 unspecified atom stereocenters. The quantitative estimate of drug-likeness (QED) is 0.729. The highest BCUT2D eigenvalue weighted by molar-refractivity contribution is 5.91. The van der Waals surface area contributed by atoms with Gasteiger partial charge >= 0.3 is 5.97 Å². The zero-order valence-electron chi connectivity index (χ0n) is 14.9. The molecule has 2 aliphatic heterocycles. The third-order valence-corrected chi connectivity index (χ3v) is 4.58. The number of rotatable bonds is 7. The van der Waals surface area contributed by atoms with Gasteiger partial charge in [0.15, 0.2) is 6.61 Å². The minimum absolute atomic E-state index is 0.0775. The van der Waals surface area contributed by atoms with Gasteiger partial charge in [-0.2, -0.15) is 0 Å². The van der Waals surface area contributed by atoms with Crippen molar-refractivity contribution in [1.82, 2.24) is 10.2 Å². The van der Waals surface area contributed by atoms with Gasteiger partial charge in [-0.05, 0) is 30.5 Å². The number of amides is 1. The number of esters is 1. The van der Waals surface area contributed by atoms with Crippen molar-refractivity contribution in [2.75, 3.05) is 46.1 Å². The van der Waals surface area contributed by atoms with E-state index in [-0.39, 0.29) is 18.6 Å². The van der Waals surface area contributed by atoms with Crippen LogP contribution in [0.1, 0.15) is 28.8 Å². The van der Waals surface area contributed by atoms with Crippen LogP contribution in [0.15, 0.2) is 24.3 Å². The van der Waals surface area contributed by atoms with E-state index in [0.717, 1.165) is 57.9 Å². The normalized spacial score (nSPS) is 20.7. The summed E-state index contributed by atoms with van der Waals surface area (Å²) < 4.78 is 15.8. The molecule has 0 spiro atoms. The number of carbonyl (C=O) groups is 2. The van der Waals surface area contributed by atoms with Gasteiger partial charge in [0.2, 0.25) is 0 Å². The van der Waals surface area contributed by atoms with Gasteiger partial charge < -0.3 is 19.5 Å². The first-order chi connectivity index (χ1) is 12.7. The lowest BCUT2D eigenvalue weighted by Crippen LogP contribution is -2.35. The first kappa shape index (κ1) is 18.8. The molecule has 0 bridgehead atoms.